The molecule has 8 N–H and O–H groups in total. The monoisotopic (exact) mass is 853 g/mol. The predicted molar refractivity (Wildman–Crippen MR) is 206 cm³/mol. The zero-order chi connectivity index (χ0) is 43.8. The van der Waals surface area contributed by atoms with Gasteiger partial charge in [-0.15, -0.1) is 0 Å². The largest absolute Gasteiger partial charge is 0.490 e. The van der Waals surface area contributed by atoms with E-state index < -0.39 is 42.2 Å². The number of hydrogen-bond acceptors (Lipinski definition) is 10. The zero-order valence-electron chi connectivity index (χ0n) is 31.3. The van der Waals surface area contributed by atoms with Crippen molar-refractivity contribution < 1.29 is 60.5 Å². The Hall–Kier alpha value is -6.12. The molecule has 21 heteroatoms. The van der Waals surface area contributed by atoms with Crippen LogP contribution in [-0.2, 0) is 31.5 Å². The minimum absolute atomic E-state index is 0.0466. The van der Waals surface area contributed by atoms with E-state index in [1.165, 1.54) is 11.8 Å². The fraction of sp³-hybridized carbons (Fsp3) is 0.342. The number of carbonyl (C=O) groups excluding carboxylic acids is 2. The van der Waals surface area contributed by atoms with E-state index in [9.17, 15) is 35.9 Å². The molecule has 0 saturated heterocycles. The lowest BCUT2D eigenvalue weighted by Gasteiger charge is -2.33. The van der Waals surface area contributed by atoms with Crippen molar-refractivity contribution in [3.8, 4) is 0 Å². The van der Waals surface area contributed by atoms with Gasteiger partial charge < -0.3 is 36.6 Å². The summed E-state index contributed by atoms with van der Waals surface area (Å²) in [6.07, 6.45) is -6.39. The molecule has 318 valence electrons. The molecule has 3 atom stereocenters. The predicted octanol–water partition coefficient (Wildman–Crippen LogP) is 6.19. The summed E-state index contributed by atoms with van der Waals surface area (Å²) in [5.74, 6) is -5.21. The Balaban J connectivity index is 0.000000569. The molecule has 1 aromatic heterocycles. The van der Waals surface area contributed by atoms with Gasteiger partial charge in [-0.3, -0.25) is 10.2 Å². The molecule has 0 bridgehead atoms. The molecule has 0 aliphatic heterocycles. The van der Waals surface area contributed by atoms with Crippen molar-refractivity contribution in [2.75, 3.05) is 11.1 Å². The Labute approximate surface area is 337 Å². The minimum atomic E-state index is -5.08. The quantitative estimate of drug-likeness (QED) is 0.0366. The van der Waals surface area contributed by atoms with Crippen LogP contribution in [-0.4, -0.2) is 86.2 Å². The van der Waals surface area contributed by atoms with Crippen LogP contribution in [0, 0.1) is 12.3 Å². The number of fused-ring (bicyclic) bond motifs is 1. The van der Waals surface area contributed by atoms with Gasteiger partial charge in [0.25, 0.3) is 5.91 Å². The lowest BCUT2D eigenvalue weighted by Crippen LogP contribution is -2.50. The average Bonchev–Trinajstić information content (AvgIpc) is 3.17. The maximum absolute atomic E-state index is 13.7. The van der Waals surface area contributed by atoms with E-state index in [0.717, 1.165) is 47.8 Å². The Morgan fingerprint density at radius 1 is 0.864 bits per heavy atom. The number of nitrogens with two attached hydrogens (primary N) is 1. The lowest BCUT2D eigenvalue weighted by molar-refractivity contribution is -0.193. The maximum atomic E-state index is 13.7. The van der Waals surface area contributed by atoms with Gasteiger partial charge in [0.2, 0.25) is 5.82 Å². The standard InChI is InChI=1S/C34H39N7O3S.2C2HF3O2/c1-22-16-17-26-25(18-22)30(38-27-14-8-9-15-28(27)40-34(35)36)41-31(37-26)32(42)39-29(21-45-20-24-12-6-3-7-13-24)33(43)44-19-23-10-4-2-5-11-23;2*3-2(4,5)1(6)7/h2-7,10-13,16-18,27-29H,8-9,14-15,19-21H2,1H3,(H,39,42)(H4,35,36,40)(H,37,38,41);2*(H,6,7)/t27?,28?,29-;;/m0../s1. The van der Waals surface area contributed by atoms with Gasteiger partial charge in [-0.1, -0.05) is 85.1 Å². The van der Waals surface area contributed by atoms with Crippen LogP contribution in [0.15, 0.2) is 78.9 Å². The number of aliphatic carboxylic acids is 2. The minimum Gasteiger partial charge on any atom is -0.475 e. The molecule has 2 unspecified atom stereocenters. The number of nitrogens with one attached hydrogen (secondary N) is 4. The van der Waals surface area contributed by atoms with E-state index in [1.54, 1.807) is 0 Å². The molecule has 0 radical (unpaired) electrons. The number of nitrogens with zero attached hydrogens (tertiary/aromatic N) is 2. The van der Waals surface area contributed by atoms with E-state index in [-0.39, 0.29) is 30.5 Å². The number of aromatic nitrogens is 2. The van der Waals surface area contributed by atoms with Gasteiger partial charge in [-0.25, -0.2) is 24.4 Å². The smallest absolute Gasteiger partial charge is 0.475 e. The van der Waals surface area contributed by atoms with Crippen LogP contribution in [0.5, 0.6) is 0 Å². The first kappa shape index (κ1) is 47.3. The Bertz CT molecular complexity index is 2020. The number of ether oxygens (including phenoxy) is 1. The van der Waals surface area contributed by atoms with Crippen LogP contribution >= 0.6 is 11.8 Å². The first-order valence-electron chi connectivity index (χ1n) is 17.6. The second kappa shape index (κ2) is 22.1. The number of amides is 1. The van der Waals surface area contributed by atoms with Crippen molar-refractivity contribution in [2.45, 2.75) is 75.4 Å². The molecule has 59 heavy (non-hydrogen) atoms. The normalized spacial score (nSPS) is 15.5. The molecule has 1 heterocycles. The second-order valence-electron chi connectivity index (χ2n) is 12.8. The second-order valence-corrected chi connectivity index (χ2v) is 13.9. The summed E-state index contributed by atoms with van der Waals surface area (Å²) >= 11 is 1.53. The molecule has 1 aliphatic carbocycles. The van der Waals surface area contributed by atoms with Crippen molar-refractivity contribution in [1.29, 1.82) is 5.41 Å². The molecule has 4 aromatic rings. The van der Waals surface area contributed by atoms with Gasteiger partial charge in [0.15, 0.2) is 5.96 Å². The van der Waals surface area contributed by atoms with Gasteiger partial charge in [0, 0.05) is 29.0 Å². The third-order valence-corrected chi connectivity index (χ3v) is 9.28. The molecule has 0 spiro atoms. The number of hydrogen-bond donors (Lipinski definition) is 7. The molecular weight excluding hydrogens is 813 g/mol. The first-order chi connectivity index (χ1) is 27.7. The molecule has 3 aromatic carbocycles. The number of carboxylic acid groups (broad SMARTS) is 2. The number of alkyl halides is 6. The van der Waals surface area contributed by atoms with Gasteiger partial charge in [0.1, 0.15) is 18.5 Å². The molecule has 5 rings (SSSR count). The summed E-state index contributed by atoms with van der Waals surface area (Å²) < 4.78 is 69.1. The summed E-state index contributed by atoms with van der Waals surface area (Å²) in [5, 5.41) is 32.2. The summed E-state index contributed by atoms with van der Waals surface area (Å²) in [4.78, 5) is 54.0. The number of carbonyl (C=O) groups is 4. The van der Waals surface area contributed by atoms with Crippen LogP contribution in [0.25, 0.3) is 10.9 Å². The summed E-state index contributed by atoms with van der Waals surface area (Å²) in [5.41, 5.74) is 9.29. The van der Waals surface area contributed by atoms with Crippen LogP contribution in [0.2, 0.25) is 0 Å². The third kappa shape index (κ3) is 16.3. The fourth-order valence-corrected chi connectivity index (χ4v) is 6.40. The number of rotatable bonds is 12. The molecular formula is C38H41F6N7O7S. The van der Waals surface area contributed by atoms with Gasteiger partial charge in [0.05, 0.1) is 5.52 Å². The number of benzene rings is 3. The molecule has 14 nitrogen and oxygen atoms in total. The van der Waals surface area contributed by atoms with Crippen LogP contribution in [0.4, 0.5) is 32.2 Å². The highest BCUT2D eigenvalue weighted by atomic mass is 32.2. The fourth-order valence-electron chi connectivity index (χ4n) is 5.40. The molecule has 1 amide bonds. The third-order valence-electron chi connectivity index (χ3n) is 8.18. The van der Waals surface area contributed by atoms with Crippen LogP contribution < -0.4 is 21.7 Å². The van der Waals surface area contributed by atoms with Crippen molar-refractivity contribution >= 4 is 58.3 Å². The number of carboxylic acids is 2. The van der Waals surface area contributed by atoms with Crippen molar-refractivity contribution in [3.63, 3.8) is 0 Å². The van der Waals surface area contributed by atoms with Gasteiger partial charge in [-0.05, 0) is 43.0 Å². The number of aryl methyl sites for hydroxylation is 1. The van der Waals surface area contributed by atoms with E-state index in [2.05, 4.69) is 25.9 Å². The topological polar surface area (TPSA) is 230 Å². The average molecular weight is 854 g/mol. The number of anilines is 1. The zero-order valence-corrected chi connectivity index (χ0v) is 32.1. The molecule has 1 aliphatic rings. The van der Waals surface area contributed by atoms with Gasteiger partial charge in [-0.2, -0.15) is 38.1 Å². The Morgan fingerprint density at radius 3 is 1.95 bits per heavy atom. The summed E-state index contributed by atoms with van der Waals surface area (Å²) in [6.45, 7) is 2.09. The van der Waals surface area contributed by atoms with E-state index in [4.69, 9.17) is 35.7 Å². The summed E-state index contributed by atoms with van der Waals surface area (Å²) in [7, 11) is 0. The van der Waals surface area contributed by atoms with E-state index >= 15 is 0 Å². The highest BCUT2D eigenvalue weighted by Crippen LogP contribution is 2.27. The molecule has 1 saturated carbocycles. The van der Waals surface area contributed by atoms with Crippen molar-refractivity contribution in [3.05, 3.63) is 101 Å². The lowest BCUT2D eigenvalue weighted by atomic mass is 9.90. The SMILES string of the molecule is Cc1ccc2nc(C(=O)N[C@@H](CSCc3ccccc3)C(=O)OCc3ccccc3)nc(NC3CCCCC3NC(=N)N)c2c1.O=C(O)C(F)(F)F.O=C(O)C(F)(F)F. The number of esters is 1. The van der Waals surface area contributed by atoms with Crippen molar-refractivity contribution in [2.24, 2.45) is 5.73 Å². The van der Waals surface area contributed by atoms with Crippen LogP contribution in [0.1, 0.15) is 53.0 Å². The molecule has 1 fully saturated rings. The van der Waals surface area contributed by atoms with Crippen LogP contribution in [0.3, 0.4) is 0 Å². The maximum Gasteiger partial charge on any atom is 0.490 e. The van der Waals surface area contributed by atoms with Crippen molar-refractivity contribution in [1.82, 2.24) is 20.6 Å². The highest BCUT2D eigenvalue weighted by molar-refractivity contribution is 7.98. The highest BCUT2D eigenvalue weighted by Gasteiger charge is 2.39. The van der Waals surface area contributed by atoms with E-state index in [1.807, 2.05) is 85.8 Å². The number of halogens is 6. The first-order valence-corrected chi connectivity index (χ1v) is 18.8. The number of guanidine groups is 1. The van der Waals surface area contributed by atoms with E-state index in [0.29, 0.717) is 22.8 Å². The Morgan fingerprint density at radius 2 is 1.41 bits per heavy atom. The number of thioether (sulfide) groups is 1. The van der Waals surface area contributed by atoms with Gasteiger partial charge >= 0.3 is 30.3 Å². The summed E-state index contributed by atoms with van der Waals surface area (Å²) in [6, 6.07) is 24.2. The Kier molecular flexibility index (Phi) is 17.7.